The van der Waals surface area contributed by atoms with Gasteiger partial charge in [0.05, 0.1) is 27.2 Å². The summed E-state index contributed by atoms with van der Waals surface area (Å²) in [5.74, 6) is 3.74. The summed E-state index contributed by atoms with van der Waals surface area (Å²) in [5, 5.41) is 0. The molecule has 6 heteroatoms. The topological polar surface area (TPSA) is 52.8 Å². The number of thiazole rings is 1. The first-order valence-corrected chi connectivity index (χ1v) is 9.20. The highest BCUT2D eigenvalue weighted by Crippen LogP contribution is 2.35. The molecule has 1 amide bonds. The zero-order valence-electron chi connectivity index (χ0n) is 15.5. The number of aromatic nitrogens is 1. The number of methoxy groups -OCH3 is 2. The van der Waals surface area contributed by atoms with Crippen molar-refractivity contribution in [2.24, 2.45) is 4.99 Å². The van der Waals surface area contributed by atoms with Crippen molar-refractivity contribution >= 4 is 27.5 Å². The molecule has 27 heavy (non-hydrogen) atoms. The van der Waals surface area contributed by atoms with E-state index in [1.54, 1.807) is 14.2 Å². The van der Waals surface area contributed by atoms with Crippen LogP contribution in [0.25, 0.3) is 10.2 Å². The molecule has 0 atom stereocenters. The number of nitrogens with zero attached hydrogens (tertiary/aromatic N) is 2. The van der Waals surface area contributed by atoms with Crippen molar-refractivity contribution in [3.05, 3.63) is 52.3 Å². The van der Waals surface area contributed by atoms with Crippen LogP contribution in [-0.2, 0) is 17.8 Å². The molecular weight excluding hydrogens is 360 g/mol. The molecule has 0 bridgehead atoms. The minimum atomic E-state index is -0.226. The molecule has 0 aliphatic rings. The molecule has 0 fully saturated rings. The number of rotatable bonds is 5. The Hall–Kier alpha value is -3.04. The number of ether oxygens (including phenoxy) is 2. The molecule has 0 radical (unpaired) electrons. The van der Waals surface area contributed by atoms with E-state index in [0.29, 0.717) is 16.3 Å². The van der Waals surface area contributed by atoms with E-state index >= 15 is 0 Å². The fourth-order valence-corrected chi connectivity index (χ4v) is 4.08. The molecule has 0 saturated carbocycles. The fourth-order valence-electron chi connectivity index (χ4n) is 2.92. The third-order valence-electron chi connectivity index (χ3n) is 4.10. The Bertz CT molecular complexity index is 1100. The van der Waals surface area contributed by atoms with Gasteiger partial charge in [0, 0.05) is 0 Å². The molecule has 0 aliphatic carbocycles. The highest BCUT2D eigenvalue weighted by molar-refractivity contribution is 7.16. The number of carbonyl (C=O) groups is 1. The van der Waals surface area contributed by atoms with E-state index < -0.39 is 0 Å². The first kappa shape index (κ1) is 18.7. The van der Waals surface area contributed by atoms with Crippen LogP contribution in [0.15, 0.2) is 41.4 Å². The van der Waals surface area contributed by atoms with Crippen molar-refractivity contribution in [2.45, 2.75) is 19.9 Å². The number of amides is 1. The number of fused-ring (bicyclic) bond motifs is 1. The molecular formula is C21H20N2O3S. The van der Waals surface area contributed by atoms with E-state index in [0.717, 1.165) is 21.3 Å². The first-order chi connectivity index (χ1) is 13.1. The summed E-state index contributed by atoms with van der Waals surface area (Å²) in [5.41, 5.74) is 2.82. The van der Waals surface area contributed by atoms with E-state index in [1.165, 1.54) is 11.3 Å². The van der Waals surface area contributed by atoms with Crippen LogP contribution in [0.1, 0.15) is 11.1 Å². The maximum absolute atomic E-state index is 12.5. The number of benzene rings is 2. The largest absolute Gasteiger partial charge is 0.495 e. The molecule has 138 valence electrons. The van der Waals surface area contributed by atoms with Crippen LogP contribution in [0.4, 0.5) is 0 Å². The Kier molecular flexibility index (Phi) is 5.63. The van der Waals surface area contributed by atoms with Crippen molar-refractivity contribution in [1.29, 1.82) is 0 Å². The minimum absolute atomic E-state index is 0.226. The summed E-state index contributed by atoms with van der Waals surface area (Å²) in [6.45, 7) is 2.27. The zero-order valence-corrected chi connectivity index (χ0v) is 16.3. The second-order valence-corrected chi connectivity index (χ2v) is 6.97. The maximum Gasteiger partial charge on any atom is 0.252 e. The Morgan fingerprint density at radius 2 is 1.96 bits per heavy atom. The van der Waals surface area contributed by atoms with Crippen LogP contribution in [0.3, 0.4) is 0 Å². The Balaban J connectivity index is 2.12. The average molecular weight is 380 g/mol. The maximum atomic E-state index is 12.5. The van der Waals surface area contributed by atoms with E-state index in [2.05, 4.69) is 10.9 Å². The average Bonchev–Trinajstić information content (AvgIpc) is 2.99. The molecule has 0 spiro atoms. The molecule has 3 aromatic rings. The van der Waals surface area contributed by atoms with Crippen LogP contribution >= 0.6 is 11.3 Å². The molecule has 0 unspecified atom stereocenters. The lowest BCUT2D eigenvalue weighted by Crippen LogP contribution is -2.17. The SMILES string of the molecule is C#CCn1c(=NC(=O)Cc2cccc(C)c2)sc2c(OC)ccc(OC)c21. The number of carbonyl (C=O) groups excluding carboxylic acids is 1. The van der Waals surface area contributed by atoms with E-state index in [9.17, 15) is 4.79 Å². The second kappa shape index (κ2) is 8.11. The van der Waals surface area contributed by atoms with Gasteiger partial charge in [-0.15, -0.1) is 6.42 Å². The van der Waals surface area contributed by atoms with Crippen LogP contribution < -0.4 is 14.3 Å². The van der Waals surface area contributed by atoms with Gasteiger partial charge in [0.25, 0.3) is 5.91 Å². The van der Waals surface area contributed by atoms with Crippen molar-refractivity contribution in [3.63, 3.8) is 0 Å². The Labute approximate surface area is 161 Å². The number of hydrogen-bond donors (Lipinski definition) is 0. The van der Waals surface area contributed by atoms with Gasteiger partial charge in [-0.1, -0.05) is 47.1 Å². The predicted molar refractivity (Wildman–Crippen MR) is 107 cm³/mol. The lowest BCUT2D eigenvalue weighted by molar-refractivity contribution is -0.117. The van der Waals surface area contributed by atoms with Gasteiger partial charge < -0.3 is 14.0 Å². The molecule has 0 saturated heterocycles. The molecule has 3 rings (SSSR count). The summed E-state index contributed by atoms with van der Waals surface area (Å²) >= 11 is 1.36. The van der Waals surface area contributed by atoms with Crippen molar-refractivity contribution in [2.75, 3.05) is 14.2 Å². The van der Waals surface area contributed by atoms with Gasteiger partial charge in [-0.3, -0.25) is 4.79 Å². The quantitative estimate of drug-likeness (QED) is 0.638. The van der Waals surface area contributed by atoms with Crippen molar-refractivity contribution in [1.82, 2.24) is 4.57 Å². The summed E-state index contributed by atoms with van der Waals surface area (Å²) in [4.78, 5) is 17.4. The van der Waals surface area contributed by atoms with Crippen LogP contribution in [0, 0.1) is 19.3 Å². The van der Waals surface area contributed by atoms with Gasteiger partial charge in [-0.2, -0.15) is 4.99 Å². The molecule has 0 N–H and O–H groups in total. The summed E-state index contributed by atoms with van der Waals surface area (Å²) < 4.78 is 13.6. The van der Waals surface area contributed by atoms with E-state index in [-0.39, 0.29) is 18.9 Å². The van der Waals surface area contributed by atoms with E-state index in [1.807, 2.05) is 47.9 Å². The zero-order chi connectivity index (χ0) is 19.4. The molecule has 2 aromatic carbocycles. The summed E-state index contributed by atoms with van der Waals surface area (Å²) in [7, 11) is 3.20. The van der Waals surface area contributed by atoms with Gasteiger partial charge in [0.2, 0.25) is 0 Å². The Morgan fingerprint density at radius 1 is 1.22 bits per heavy atom. The van der Waals surface area contributed by atoms with Crippen LogP contribution in [0.2, 0.25) is 0 Å². The third-order valence-corrected chi connectivity index (χ3v) is 5.19. The predicted octanol–water partition coefficient (Wildman–Crippen LogP) is 3.33. The summed E-state index contributed by atoms with van der Waals surface area (Å²) in [6.07, 6.45) is 5.78. The first-order valence-electron chi connectivity index (χ1n) is 8.38. The number of aryl methyl sites for hydroxylation is 1. The highest BCUT2D eigenvalue weighted by atomic mass is 32.1. The van der Waals surface area contributed by atoms with Crippen molar-refractivity contribution < 1.29 is 14.3 Å². The third kappa shape index (κ3) is 3.88. The van der Waals surface area contributed by atoms with Gasteiger partial charge in [0.1, 0.15) is 21.7 Å². The van der Waals surface area contributed by atoms with Gasteiger partial charge >= 0.3 is 0 Å². The summed E-state index contributed by atoms with van der Waals surface area (Å²) in [6, 6.07) is 11.5. The number of hydrogen-bond acceptors (Lipinski definition) is 4. The standard InChI is InChI=1S/C21H20N2O3S/c1-5-11-23-19-16(25-3)9-10-17(26-4)20(19)27-21(23)22-18(24)13-15-8-6-7-14(2)12-15/h1,6-10,12H,11,13H2,2-4H3. The monoisotopic (exact) mass is 380 g/mol. The normalized spacial score (nSPS) is 11.4. The molecule has 5 nitrogen and oxygen atoms in total. The van der Waals surface area contributed by atoms with Gasteiger partial charge in [0.15, 0.2) is 4.80 Å². The van der Waals surface area contributed by atoms with Crippen LogP contribution in [-0.4, -0.2) is 24.7 Å². The van der Waals surface area contributed by atoms with Crippen molar-refractivity contribution in [3.8, 4) is 23.8 Å². The molecule has 1 heterocycles. The van der Waals surface area contributed by atoms with Crippen LogP contribution in [0.5, 0.6) is 11.5 Å². The minimum Gasteiger partial charge on any atom is -0.495 e. The van der Waals surface area contributed by atoms with Gasteiger partial charge in [-0.05, 0) is 24.6 Å². The smallest absolute Gasteiger partial charge is 0.252 e. The lowest BCUT2D eigenvalue weighted by atomic mass is 10.1. The Morgan fingerprint density at radius 3 is 2.63 bits per heavy atom. The molecule has 1 aromatic heterocycles. The number of terminal acetylenes is 1. The second-order valence-electron chi connectivity index (χ2n) is 5.99. The highest BCUT2D eigenvalue weighted by Gasteiger charge is 2.16. The lowest BCUT2D eigenvalue weighted by Gasteiger charge is -2.08. The fraction of sp³-hybridized carbons (Fsp3) is 0.238. The van der Waals surface area contributed by atoms with E-state index in [4.69, 9.17) is 15.9 Å². The molecule has 0 aliphatic heterocycles. The van der Waals surface area contributed by atoms with Gasteiger partial charge in [-0.25, -0.2) is 0 Å².